The first-order valence-electron chi connectivity index (χ1n) is 10.1. The lowest BCUT2D eigenvalue weighted by molar-refractivity contribution is 0.0952. The van der Waals surface area contributed by atoms with E-state index >= 15 is 0 Å². The normalized spacial score (nSPS) is 11.3. The maximum absolute atomic E-state index is 14.3. The molecule has 0 saturated heterocycles. The zero-order chi connectivity index (χ0) is 22.6. The molecule has 6 nitrogen and oxygen atoms in total. The fourth-order valence-electron chi connectivity index (χ4n) is 2.64. The highest BCUT2D eigenvalue weighted by Gasteiger charge is 2.11. The Hall–Kier alpha value is -2.84. The maximum Gasteiger partial charge on any atom is 0.251 e. The summed E-state index contributed by atoms with van der Waals surface area (Å²) >= 11 is 1.44. The Kier molecular flexibility index (Phi) is 10.1. The lowest BCUT2D eigenvalue weighted by atomic mass is 10.1. The van der Waals surface area contributed by atoms with E-state index in [1.54, 1.807) is 6.20 Å². The average molecular weight is 444 g/mol. The third-order valence-electron chi connectivity index (χ3n) is 4.26. The highest BCUT2D eigenvalue weighted by atomic mass is 32.2. The average Bonchev–Trinajstić information content (AvgIpc) is 2.75. The zero-order valence-electron chi connectivity index (χ0n) is 18.2. The number of amides is 1. The number of nitrogens with zero attached hydrogens (tertiary/aromatic N) is 2. The molecule has 0 unspecified atom stereocenters. The van der Waals surface area contributed by atoms with Gasteiger partial charge < -0.3 is 20.9 Å². The number of nitrogens with one attached hydrogen (secondary N) is 3. The van der Waals surface area contributed by atoms with E-state index in [4.69, 9.17) is 0 Å². The summed E-state index contributed by atoms with van der Waals surface area (Å²) in [5.74, 6) is 0.0872. The van der Waals surface area contributed by atoms with Gasteiger partial charge in [-0.1, -0.05) is 30.5 Å². The van der Waals surface area contributed by atoms with Gasteiger partial charge in [0, 0.05) is 29.8 Å². The number of benzene rings is 1. The predicted octanol–water partition coefficient (Wildman–Crippen LogP) is 4.53. The molecule has 0 aliphatic carbocycles. The first-order chi connectivity index (χ1) is 14.9. The second-order valence-electron chi connectivity index (χ2n) is 7.08. The van der Waals surface area contributed by atoms with E-state index in [0.717, 1.165) is 17.9 Å². The van der Waals surface area contributed by atoms with Gasteiger partial charge in [0.15, 0.2) is 0 Å². The van der Waals surface area contributed by atoms with Crippen LogP contribution >= 0.6 is 11.8 Å². The van der Waals surface area contributed by atoms with Crippen LogP contribution < -0.4 is 16.0 Å². The number of carbonyl (C=O) groups excluding carboxylic acids is 1. The molecule has 3 N–H and O–H groups in total. The molecule has 0 fully saturated rings. The zero-order valence-corrected chi connectivity index (χ0v) is 19.1. The van der Waals surface area contributed by atoms with Crippen molar-refractivity contribution in [2.45, 2.75) is 13.3 Å². The van der Waals surface area contributed by atoms with Crippen LogP contribution in [0.25, 0.3) is 0 Å². The van der Waals surface area contributed by atoms with Crippen molar-refractivity contribution in [1.29, 1.82) is 0 Å². The van der Waals surface area contributed by atoms with Crippen LogP contribution in [0.15, 0.2) is 65.2 Å². The van der Waals surface area contributed by atoms with E-state index in [1.165, 1.54) is 30.0 Å². The van der Waals surface area contributed by atoms with Crippen molar-refractivity contribution in [2.24, 2.45) is 0 Å². The maximum atomic E-state index is 14.3. The van der Waals surface area contributed by atoms with E-state index in [-0.39, 0.29) is 11.6 Å². The topological polar surface area (TPSA) is 69.3 Å². The number of thioether (sulfide) groups is 1. The Morgan fingerprint density at radius 1 is 1.29 bits per heavy atom. The summed E-state index contributed by atoms with van der Waals surface area (Å²) < 4.78 is 14.3. The minimum atomic E-state index is -0.407. The SMILES string of the molecule is C=C(Nc1ccccn1)S/C(=C\C)CNc1cc(C(=O)NCCCN(C)C)ccc1F. The molecule has 0 atom stereocenters. The van der Waals surface area contributed by atoms with Gasteiger partial charge in [-0.15, -0.1) is 0 Å². The van der Waals surface area contributed by atoms with Crippen LogP contribution in [0.5, 0.6) is 0 Å². The molecule has 166 valence electrons. The van der Waals surface area contributed by atoms with Gasteiger partial charge >= 0.3 is 0 Å². The van der Waals surface area contributed by atoms with Crippen LogP contribution in [0.1, 0.15) is 23.7 Å². The van der Waals surface area contributed by atoms with Crippen LogP contribution in [-0.2, 0) is 0 Å². The van der Waals surface area contributed by atoms with Gasteiger partial charge in [0.05, 0.1) is 10.7 Å². The monoisotopic (exact) mass is 443 g/mol. The highest BCUT2D eigenvalue weighted by Crippen LogP contribution is 2.26. The third kappa shape index (κ3) is 8.82. The molecule has 1 aromatic carbocycles. The van der Waals surface area contributed by atoms with Crippen molar-refractivity contribution in [3.8, 4) is 0 Å². The molecular formula is C23H30FN5OS. The first kappa shape index (κ1) is 24.4. The van der Waals surface area contributed by atoms with Crippen molar-refractivity contribution in [1.82, 2.24) is 15.2 Å². The van der Waals surface area contributed by atoms with Crippen molar-refractivity contribution >= 4 is 29.2 Å². The van der Waals surface area contributed by atoms with E-state index in [2.05, 4.69) is 32.4 Å². The Morgan fingerprint density at radius 2 is 2.10 bits per heavy atom. The largest absolute Gasteiger partial charge is 0.378 e. The Balaban J connectivity index is 1.90. The van der Waals surface area contributed by atoms with Crippen molar-refractivity contribution in [2.75, 3.05) is 44.4 Å². The predicted molar refractivity (Wildman–Crippen MR) is 129 cm³/mol. The molecule has 2 rings (SSSR count). The second-order valence-corrected chi connectivity index (χ2v) is 8.30. The standard InChI is InChI=1S/C23H30FN5OS/c1-5-19(31-17(2)28-22-9-6-7-12-25-22)16-27-21-15-18(10-11-20(21)24)23(30)26-13-8-14-29(3)4/h5-7,9-12,15,27H,2,8,13-14,16H2,1,3-4H3,(H,25,28)(H,26,30)/b19-5-. The van der Waals surface area contributed by atoms with Crippen LogP contribution in [0.2, 0.25) is 0 Å². The summed E-state index contributed by atoms with van der Waals surface area (Å²) in [6.07, 6.45) is 4.48. The van der Waals surface area contributed by atoms with Crippen molar-refractivity contribution in [3.63, 3.8) is 0 Å². The van der Waals surface area contributed by atoms with Gasteiger partial charge in [-0.25, -0.2) is 9.37 Å². The van der Waals surface area contributed by atoms with E-state index in [0.29, 0.717) is 29.5 Å². The molecule has 1 amide bonds. The molecule has 8 heteroatoms. The van der Waals surface area contributed by atoms with Gasteiger partial charge in [0.1, 0.15) is 11.6 Å². The van der Waals surface area contributed by atoms with Crippen LogP contribution in [0, 0.1) is 5.82 Å². The lowest BCUT2D eigenvalue weighted by Crippen LogP contribution is -2.27. The van der Waals surface area contributed by atoms with Gasteiger partial charge in [0.2, 0.25) is 0 Å². The molecule has 0 spiro atoms. The molecule has 0 saturated carbocycles. The van der Waals surface area contributed by atoms with Crippen molar-refractivity contribution < 1.29 is 9.18 Å². The molecule has 31 heavy (non-hydrogen) atoms. The Labute approximate surface area is 188 Å². The summed E-state index contributed by atoms with van der Waals surface area (Å²) in [5.41, 5.74) is 0.703. The van der Waals surface area contributed by atoms with Crippen molar-refractivity contribution in [3.05, 3.63) is 76.6 Å². The number of pyridine rings is 1. The second kappa shape index (κ2) is 12.8. The van der Waals surface area contributed by atoms with Gasteiger partial charge in [0.25, 0.3) is 5.91 Å². The highest BCUT2D eigenvalue weighted by molar-refractivity contribution is 8.06. The number of allylic oxidation sites excluding steroid dienone is 1. The smallest absolute Gasteiger partial charge is 0.251 e. The molecule has 1 heterocycles. The molecule has 0 aliphatic heterocycles. The minimum Gasteiger partial charge on any atom is -0.378 e. The van der Waals surface area contributed by atoms with Crippen LogP contribution in [0.4, 0.5) is 15.9 Å². The quantitative estimate of drug-likeness (QED) is 0.419. The van der Waals surface area contributed by atoms with Gasteiger partial charge in [-0.05, 0) is 64.3 Å². The van der Waals surface area contributed by atoms with Crippen LogP contribution in [-0.4, -0.2) is 49.5 Å². The lowest BCUT2D eigenvalue weighted by Gasteiger charge is -2.14. The van der Waals surface area contributed by atoms with E-state index in [1.807, 2.05) is 45.3 Å². The first-order valence-corrected chi connectivity index (χ1v) is 10.9. The number of carbonyl (C=O) groups is 1. The third-order valence-corrected chi connectivity index (χ3v) is 5.25. The van der Waals surface area contributed by atoms with E-state index < -0.39 is 5.82 Å². The summed E-state index contributed by atoms with van der Waals surface area (Å²) in [5, 5.41) is 9.78. The molecule has 0 radical (unpaired) electrons. The molecular weight excluding hydrogens is 413 g/mol. The van der Waals surface area contributed by atoms with Gasteiger partial charge in [-0.2, -0.15) is 0 Å². The van der Waals surface area contributed by atoms with Crippen LogP contribution in [0.3, 0.4) is 0 Å². The number of anilines is 2. The Bertz CT molecular complexity index is 902. The number of halogens is 1. The van der Waals surface area contributed by atoms with E-state index in [9.17, 15) is 9.18 Å². The fraction of sp³-hybridized carbons (Fsp3) is 0.304. The number of aromatic nitrogens is 1. The Morgan fingerprint density at radius 3 is 2.77 bits per heavy atom. The summed E-state index contributed by atoms with van der Waals surface area (Å²) in [6.45, 7) is 7.77. The summed E-state index contributed by atoms with van der Waals surface area (Å²) in [7, 11) is 3.97. The number of hydrogen-bond donors (Lipinski definition) is 3. The molecule has 2 aromatic rings. The summed E-state index contributed by atoms with van der Waals surface area (Å²) in [4.78, 5) is 19.6. The number of hydrogen-bond acceptors (Lipinski definition) is 6. The molecule has 0 aliphatic rings. The molecule has 1 aromatic heterocycles. The summed E-state index contributed by atoms with van der Waals surface area (Å²) in [6, 6.07) is 9.92. The van der Waals surface area contributed by atoms with Gasteiger partial charge in [-0.3, -0.25) is 4.79 Å². The molecule has 0 bridgehead atoms. The fourth-order valence-corrected chi connectivity index (χ4v) is 3.38. The minimum absolute atomic E-state index is 0.213. The number of rotatable bonds is 12.